The number of aliphatic hydroxyl groups excluding tert-OH is 3. The topological polar surface area (TPSA) is 186 Å². The van der Waals surface area contributed by atoms with Gasteiger partial charge in [-0.25, -0.2) is 0 Å². The van der Waals surface area contributed by atoms with Gasteiger partial charge in [0.25, 0.3) is 10.1 Å². The molecule has 0 aromatic heterocycles. The Labute approximate surface area is 336 Å². The molecule has 1 heterocycles. The van der Waals surface area contributed by atoms with Gasteiger partial charge in [0.2, 0.25) is 0 Å². The number of aliphatic hydroxyl groups is 3. The monoisotopic (exact) mass is 812 g/mol. The molecule has 0 amide bonds. The Kier molecular flexibility index (Phi) is 30.6. The molecule has 1 rings (SSSR count). The van der Waals surface area contributed by atoms with Crippen molar-refractivity contribution in [1.29, 1.82) is 0 Å². The van der Waals surface area contributed by atoms with E-state index < -0.39 is 71.2 Å². The van der Waals surface area contributed by atoms with Crippen LogP contribution in [0.4, 0.5) is 0 Å². The summed E-state index contributed by atoms with van der Waals surface area (Å²) in [7, 11) is -4.61. The summed E-state index contributed by atoms with van der Waals surface area (Å²) in [5.74, 6) is -2.06. The average Bonchev–Trinajstić information content (AvgIpc) is 3.16. The Morgan fingerprint density at radius 1 is 0.625 bits per heavy atom. The third-order valence-electron chi connectivity index (χ3n) is 9.08. The Balaban J connectivity index is 2.53. The third kappa shape index (κ3) is 27.9. The lowest BCUT2D eigenvalue weighted by atomic mass is 10.00. The molecule has 1 saturated heterocycles. The van der Waals surface area contributed by atoms with Crippen molar-refractivity contribution in [3.8, 4) is 0 Å². The van der Waals surface area contributed by atoms with E-state index in [0.29, 0.717) is 12.8 Å². The highest BCUT2D eigenvalue weighted by atomic mass is 32.2. The first-order valence-corrected chi connectivity index (χ1v) is 22.5. The predicted octanol–water partition coefficient (Wildman–Crippen LogP) is 7.78. The minimum absolute atomic E-state index is 0.142. The molecular formula is C43H72O12S. The number of unbranched alkanes of at least 4 members (excludes halogenated alkanes) is 11. The molecule has 322 valence electrons. The summed E-state index contributed by atoms with van der Waals surface area (Å²) in [5, 5.41) is 30.8. The highest BCUT2D eigenvalue weighted by molar-refractivity contribution is 7.85. The molecule has 6 atom stereocenters. The Hall–Kier alpha value is -2.65. The lowest BCUT2D eigenvalue weighted by molar-refractivity contribution is -0.297. The minimum Gasteiger partial charge on any atom is -0.462 e. The van der Waals surface area contributed by atoms with E-state index in [-0.39, 0.29) is 19.4 Å². The molecule has 0 bridgehead atoms. The fourth-order valence-corrected chi connectivity index (χ4v) is 6.53. The van der Waals surface area contributed by atoms with Crippen LogP contribution in [0.25, 0.3) is 0 Å². The van der Waals surface area contributed by atoms with Gasteiger partial charge in [0, 0.05) is 12.8 Å². The molecule has 0 saturated carbocycles. The molecule has 1 fully saturated rings. The normalized spacial score (nSPS) is 21.3. The SMILES string of the molecule is CC/C=C/C/C=C/C/C=C/C/C=C/CCCCC(=O)OC[C@H](CO[C@H]1O[C@H](CS(=O)(=O)O)[C@@H](O)C(O)C1O)OC(=O)CCCCCCC/C=C/CCCCCC. The van der Waals surface area contributed by atoms with Crippen LogP contribution >= 0.6 is 0 Å². The quantitative estimate of drug-likeness (QED) is 0.0219. The molecule has 13 heteroatoms. The molecule has 2 unspecified atom stereocenters. The first kappa shape index (κ1) is 51.4. The number of rotatable bonds is 33. The second kappa shape index (κ2) is 33.3. The van der Waals surface area contributed by atoms with Crippen molar-refractivity contribution in [2.75, 3.05) is 19.0 Å². The summed E-state index contributed by atoms with van der Waals surface area (Å²) < 4.78 is 53.9. The first-order chi connectivity index (χ1) is 27.0. The van der Waals surface area contributed by atoms with Crippen molar-refractivity contribution in [3.05, 3.63) is 60.8 Å². The highest BCUT2D eigenvalue weighted by Gasteiger charge is 2.46. The summed E-state index contributed by atoms with van der Waals surface area (Å²) in [6, 6.07) is 0. The van der Waals surface area contributed by atoms with Crippen LogP contribution in [0, 0.1) is 0 Å². The molecule has 0 aliphatic carbocycles. The van der Waals surface area contributed by atoms with Gasteiger partial charge in [0.15, 0.2) is 12.4 Å². The highest BCUT2D eigenvalue weighted by Crippen LogP contribution is 2.24. The van der Waals surface area contributed by atoms with Gasteiger partial charge in [0.05, 0.1) is 6.61 Å². The molecule has 1 aliphatic rings. The summed E-state index contributed by atoms with van der Waals surface area (Å²) in [6.45, 7) is 3.56. The van der Waals surface area contributed by atoms with Crippen molar-refractivity contribution in [2.24, 2.45) is 0 Å². The number of ether oxygens (including phenoxy) is 4. The van der Waals surface area contributed by atoms with Crippen molar-refractivity contribution in [1.82, 2.24) is 0 Å². The van der Waals surface area contributed by atoms with E-state index in [9.17, 15) is 37.9 Å². The van der Waals surface area contributed by atoms with Crippen LogP contribution in [0.1, 0.15) is 142 Å². The van der Waals surface area contributed by atoms with Gasteiger partial charge in [-0.1, -0.05) is 113 Å². The van der Waals surface area contributed by atoms with E-state index in [1.165, 1.54) is 25.7 Å². The van der Waals surface area contributed by atoms with Gasteiger partial charge in [-0.15, -0.1) is 0 Å². The van der Waals surface area contributed by atoms with Crippen molar-refractivity contribution >= 4 is 22.1 Å². The number of hydrogen-bond acceptors (Lipinski definition) is 11. The Bertz CT molecular complexity index is 1280. The fourth-order valence-electron chi connectivity index (χ4n) is 5.84. The van der Waals surface area contributed by atoms with E-state index in [2.05, 4.69) is 74.6 Å². The van der Waals surface area contributed by atoms with Crippen LogP contribution in [-0.4, -0.2) is 96.0 Å². The lowest BCUT2D eigenvalue weighted by Crippen LogP contribution is -2.60. The average molecular weight is 813 g/mol. The standard InChI is InChI=1S/C43H72O12S/c1-3-5-7-9-11-13-15-17-18-20-21-23-25-27-29-31-38(44)52-33-36(34-53-43-42(48)41(47)40(46)37(55-43)35-56(49,50)51)54-39(45)32-30-28-26-24-22-19-16-14-12-10-8-6-4-2/h5,7,11,13-14,16-18,21,23,36-37,40-43,46-48H,3-4,6,8-10,12,15,19-20,22,24-35H2,1-2H3,(H,49,50,51)/b7-5+,13-11+,16-14+,18-17+,23-21+/t36-,37-,40-,41?,42?,43+/m1/s1. The van der Waals surface area contributed by atoms with E-state index in [4.69, 9.17) is 18.9 Å². The second-order valence-electron chi connectivity index (χ2n) is 14.3. The molecule has 56 heavy (non-hydrogen) atoms. The largest absolute Gasteiger partial charge is 0.462 e. The summed E-state index contributed by atoms with van der Waals surface area (Å²) in [5.41, 5.74) is 0. The van der Waals surface area contributed by atoms with Crippen molar-refractivity contribution < 1.29 is 56.8 Å². The maximum absolute atomic E-state index is 12.8. The molecule has 4 N–H and O–H groups in total. The van der Waals surface area contributed by atoms with Gasteiger partial charge >= 0.3 is 11.9 Å². The van der Waals surface area contributed by atoms with Gasteiger partial charge in [-0.3, -0.25) is 14.1 Å². The van der Waals surface area contributed by atoms with E-state index in [1.807, 2.05) is 0 Å². The number of carbonyl (C=O) groups is 2. The molecule has 1 aliphatic heterocycles. The predicted molar refractivity (Wildman–Crippen MR) is 219 cm³/mol. The van der Waals surface area contributed by atoms with E-state index in [0.717, 1.165) is 77.0 Å². The molecule has 0 aromatic rings. The number of esters is 2. The lowest BCUT2D eigenvalue weighted by Gasteiger charge is -2.40. The van der Waals surface area contributed by atoms with Gasteiger partial charge < -0.3 is 34.3 Å². The molecule has 0 radical (unpaired) electrons. The smallest absolute Gasteiger partial charge is 0.306 e. The van der Waals surface area contributed by atoms with Crippen LogP contribution in [0.5, 0.6) is 0 Å². The summed E-state index contributed by atoms with van der Waals surface area (Å²) >= 11 is 0. The fraction of sp³-hybridized carbons (Fsp3) is 0.721. The number of hydrogen-bond donors (Lipinski definition) is 4. The summed E-state index contributed by atoms with van der Waals surface area (Å²) in [4.78, 5) is 25.3. The van der Waals surface area contributed by atoms with Crippen LogP contribution in [0.15, 0.2) is 60.8 Å². The van der Waals surface area contributed by atoms with Crippen LogP contribution in [0.3, 0.4) is 0 Å². The van der Waals surface area contributed by atoms with E-state index >= 15 is 0 Å². The Morgan fingerprint density at radius 3 is 1.73 bits per heavy atom. The summed E-state index contributed by atoms with van der Waals surface area (Å²) in [6.07, 6.45) is 29.9. The molecule has 0 aromatic carbocycles. The number of allylic oxidation sites excluding steroid dienone is 10. The third-order valence-corrected chi connectivity index (χ3v) is 9.83. The zero-order valence-electron chi connectivity index (χ0n) is 34.0. The Morgan fingerprint density at radius 2 is 1.12 bits per heavy atom. The zero-order valence-corrected chi connectivity index (χ0v) is 34.8. The maximum atomic E-state index is 12.8. The molecule has 0 spiro atoms. The molecular weight excluding hydrogens is 741 g/mol. The van der Waals surface area contributed by atoms with Gasteiger partial charge in [-0.2, -0.15) is 8.42 Å². The van der Waals surface area contributed by atoms with Crippen LogP contribution in [0.2, 0.25) is 0 Å². The van der Waals surface area contributed by atoms with Crippen LogP contribution < -0.4 is 0 Å². The van der Waals surface area contributed by atoms with Crippen LogP contribution in [-0.2, 0) is 38.7 Å². The zero-order chi connectivity index (χ0) is 41.3. The van der Waals surface area contributed by atoms with Gasteiger partial charge in [0.1, 0.15) is 36.8 Å². The second-order valence-corrected chi connectivity index (χ2v) is 15.8. The van der Waals surface area contributed by atoms with E-state index in [1.54, 1.807) is 0 Å². The first-order valence-electron chi connectivity index (χ1n) is 20.8. The number of carbonyl (C=O) groups excluding carboxylic acids is 2. The van der Waals surface area contributed by atoms with Crippen molar-refractivity contribution in [3.63, 3.8) is 0 Å². The molecule has 12 nitrogen and oxygen atoms in total. The van der Waals surface area contributed by atoms with Crippen molar-refractivity contribution in [2.45, 2.75) is 179 Å². The minimum atomic E-state index is -4.61. The van der Waals surface area contributed by atoms with Gasteiger partial charge in [-0.05, 0) is 77.0 Å². The maximum Gasteiger partial charge on any atom is 0.306 e.